The number of hydrogen-bond donors (Lipinski definition) is 1. The Morgan fingerprint density at radius 1 is 1.31 bits per heavy atom. The lowest BCUT2D eigenvalue weighted by Gasteiger charge is -2.37. The van der Waals surface area contributed by atoms with Gasteiger partial charge in [0.05, 0.1) is 0 Å². The third kappa shape index (κ3) is 4.40. The largest absolute Gasteiger partial charge is 0.368 e. The van der Waals surface area contributed by atoms with Crippen molar-refractivity contribution in [2.45, 2.75) is 45.1 Å². The van der Waals surface area contributed by atoms with Gasteiger partial charge in [0.1, 0.15) is 11.5 Å². The van der Waals surface area contributed by atoms with Crippen LogP contribution in [0.4, 0.5) is 10.1 Å². The van der Waals surface area contributed by atoms with Crippen LogP contribution in [0.25, 0.3) is 0 Å². The summed E-state index contributed by atoms with van der Waals surface area (Å²) >= 11 is 0. The van der Waals surface area contributed by atoms with Crippen LogP contribution in [0.2, 0.25) is 0 Å². The Morgan fingerprint density at radius 2 is 2.15 bits per heavy atom. The maximum Gasteiger partial charge on any atom is 0.269 e. The number of aromatic nitrogens is 1. The Bertz CT molecular complexity index is 750. The lowest BCUT2D eigenvalue weighted by molar-refractivity contribution is 0.0949. The molecule has 1 aliphatic rings. The summed E-state index contributed by atoms with van der Waals surface area (Å²) in [5.74, 6) is -0.453. The summed E-state index contributed by atoms with van der Waals surface area (Å²) in [4.78, 5) is 19.0. The zero-order valence-electron chi connectivity index (χ0n) is 15.2. The minimum absolute atomic E-state index is 0.215. The van der Waals surface area contributed by atoms with Crippen LogP contribution in [0.5, 0.6) is 0 Å². The molecule has 1 aromatic heterocycles. The average molecular weight is 355 g/mol. The first kappa shape index (κ1) is 18.4. The number of halogens is 1. The first-order chi connectivity index (χ1) is 12.7. The Hall–Kier alpha value is -2.43. The van der Waals surface area contributed by atoms with E-state index < -0.39 is 0 Å². The zero-order chi connectivity index (χ0) is 18.4. The van der Waals surface area contributed by atoms with Gasteiger partial charge in [-0.05, 0) is 55.9 Å². The van der Waals surface area contributed by atoms with E-state index in [4.69, 9.17) is 0 Å². The second-order valence-corrected chi connectivity index (χ2v) is 6.75. The maximum atomic E-state index is 13.6. The minimum atomic E-state index is -0.238. The van der Waals surface area contributed by atoms with Crippen LogP contribution in [0.15, 0.2) is 42.6 Å². The molecule has 2 aromatic rings. The number of nitrogens with one attached hydrogen (secondary N) is 1. The first-order valence-electron chi connectivity index (χ1n) is 9.43. The molecule has 1 atom stereocenters. The van der Waals surface area contributed by atoms with Crippen molar-refractivity contribution in [2.75, 3.05) is 18.0 Å². The number of amides is 1. The summed E-state index contributed by atoms with van der Waals surface area (Å²) in [7, 11) is 0. The molecule has 1 N–H and O–H groups in total. The normalized spacial score (nSPS) is 17.2. The monoisotopic (exact) mass is 355 g/mol. The van der Waals surface area contributed by atoms with E-state index in [1.54, 1.807) is 24.4 Å². The highest BCUT2D eigenvalue weighted by atomic mass is 19.1. The van der Waals surface area contributed by atoms with E-state index in [2.05, 4.69) is 22.1 Å². The average Bonchev–Trinajstić information content (AvgIpc) is 2.69. The highest BCUT2D eigenvalue weighted by Gasteiger charge is 2.22. The molecular weight excluding hydrogens is 329 g/mol. The molecule has 1 amide bonds. The van der Waals surface area contributed by atoms with E-state index in [0.29, 0.717) is 30.3 Å². The first-order valence-corrected chi connectivity index (χ1v) is 9.43. The smallest absolute Gasteiger partial charge is 0.269 e. The van der Waals surface area contributed by atoms with Crippen molar-refractivity contribution in [1.29, 1.82) is 0 Å². The molecule has 0 bridgehead atoms. The van der Waals surface area contributed by atoms with E-state index in [1.165, 1.54) is 25.3 Å². The number of nitrogens with zero attached hydrogens (tertiary/aromatic N) is 2. The molecule has 1 aliphatic heterocycles. The van der Waals surface area contributed by atoms with Gasteiger partial charge < -0.3 is 10.2 Å². The SMILES string of the molecule is CCC1CCCCN1c1ccnc(C(=O)NCCc2ccccc2F)c1. The maximum absolute atomic E-state index is 13.6. The standard InChI is InChI=1S/C21H26FN3O/c1-2-17-8-5-6-14-25(17)18-11-13-23-20(15-18)21(26)24-12-10-16-7-3-4-9-19(16)22/h3-4,7,9,11,13,15,17H,2,5-6,8,10,12,14H2,1H3,(H,24,26). The van der Waals surface area contributed by atoms with Crippen LogP contribution in [0.1, 0.15) is 48.7 Å². The summed E-state index contributed by atoms with van der Waals surface area (Å²) in [5, 5.41) is 2.84. The zero-order valence-corrected chi connectivity index (χ0v) is 15.2. The second kappa shape index (κ2) is 8.79. The molecule has 1 saturated heterocycles. The number of anilines is 1. The minimum Gasteiger partial charge on any atom is -0.368 e. The van der Waals surface area contributed by atoms with Crippen molar-refractivity contribution >= 4 is 11.6 Å². The molecule has 0 radical (unpaired) electrons. The van der Waals surface area contributed by atoms with E-state index in [-0.39, 0.29) is 11.7 Å². The molecule has 4 nitrogen and oxygen atoms in total. The predicted octanol–water partition coefficient (Wildman–Crippen LogP) is 3.96. The Balaban J connectivity index is 1.62. The fourth-order valence-corrected chi connectivity index (χ4v) is 3.59. The molecule has 0 spiro atoms. The van der Waals surface area contributed by atoms with Crippen molar-refractivity contribution in [3.05, 3.63) is 59.7 Å². The quantitative estimate of drug-likeness (QED) is 0.853. The van der Waals surface area contributed by atoms with Crippen LogP contribution >= 0.6 is 0 Å². The second-order valence-electron chi connectivity index (χ2n) is 6.75. The third-order valence-corrected chi connectivity index (χ3v) is 5.04. The highest BCUT2D eigenvalue weighted by molar-refractivity contribution is 5.93. The lowest BCUT2D eigenvalue weighted by Crippen LogP contribution is -2.39. The lowest BCUT2D eigenvalue weighted by atomic mass is 9.99. The van der Waals surface area contributed by atoms with Gasteiger partial charge in [-0.15, -0.1) is 0 Å². The summed E-state index contributed by atoms with van der Waals surface area (Å²) in [5.41, 5.74) is 2.08. The number of rotatable bonds is 6. The van der Waals surface area contributed by atoms with E-state index >= 15 is 0 Å². The van der Waals surface area contributed by atoms with Gasteiger partial charge in [0, 0.05) is 31.0 Å². The number of piperidine rings is 1. The molecule has 138 valence electrons. The van der Waals surface area contributed by atoms with Crippen LogP contribution in [-0.4, -0.2) is 30.0 Å². The highest BCUT2D eigenvalue weighted by Crippen LogP contribution is 2.26. The van der Waals surface area contributed by atoms with Gasteiger partial charge in [0.25, 0.3) is 5.91 Å². The Morgan fingerprint density at radius 3 is 2.96 bits per heavy atom. The van der Waals surface area contributed by atoms with Crippen molar-refractivity contribution in [1.82, 2.24) is 10.3 Å². The third-order valence-electron chi connectivity index (χ3n) is 5.04. The number of carbonyl (C=O) groups is 1. The summed E-state index contributed by atoms with van der Waals surface area (Å²) in [6.45, 7) is 3.62. The van der Waals surface area contributed by atoms with Gasteiger partial charge in [-0.25, -0.2) is 4.39 Å². The van der Waals surface area contributed by atoms with Gasteiger partial charge in [0.2, 0.25) is 0 Å². The number of carbonyl (C=O) groups excluding carboxylic acids is 1. The van der Waals surface area contributed by atoms with Crippen LogP contribution in [-0.2, 0) is 6.42 Å². The van der Waals surface area contributed by atoms with Gasteiger partial charge in [0.15, 0.2) is 0 Å². The molecule has 0 aliphatic carbocycles. The van der Waals surface area contributed by atoms with E-state index in [1.807, 2.05) is 12.1 Å². The van der Waals surface area contributed by atoms with Gasteiger partial charge in [-0.2, -0.15) is 0 Å². The van der Waals surface area contributed by atoms with Crippen molar-refractivity contribution in [3.8, 4) is 0 Å². The number of benzene rings is 1. The van der Waals surface area contributed by atoms with Gasteiger partial charge in [-0.1, -0.05) is 25.1 Å². The Kier molecular flexibility index (Phi) is 6.21. The van der Waals surface area contributed by atoms with Crippen LogP contribution < -0.4 is 10.2 Å². The van der Waals surface area contributed by atoms with E-state index in [9.17, 15) is 9.18 Å². The van der Waals surface area contributed by atoms with Crippen molar-refractivity contribution < 1.29 is 9.18 Å². The topological polar surface area (TPSA) is 45.2 Å². The van der Waals surface area contributed by atoms with Crippen LogP contribution in [0, 0.1) is 5.82 Å². The molecule has 1 fully saturated rings. The molecule has 1 unspecified atom stereocenters. The van der Waals surface area contributed by atoms with Gasteiger partial charge in [-0.3, -0.25) is 9.78 Å². The molecule has 0 saturated carbocycles. The summed E-state index contributed by atoms with van der Waals surface area (Å²) in [6, 6.07) is 11.0. The molecule has 1 aromatic carbocycles. The molecule has 5 heteroatoms. The van der Waals surface area contributed by atoms with Gasteiger partial charge >= 0.3 is 0 Å². The molecule has 2 heterocycles. The van der Waals surface area contributed by atoms with Crippen LogP contribution in [0.3, 0.4) is 0 Å². The number of pyridine rings is 1. The Labute approximate surface area is 154 Å². The fraction of sp³-hybridized carbons (Fsp3) is 0.429. The predicted molar refractivity (Wildman–Crippen MR) is 102 cm³/mol. The van der Waals surface area contributed by atoms with Crippen molar-refractivity contribution in [2.24, 2.45) is 0 Å². The summed E-state index contributed by atoms with van der Waals surface area (Å²) in [6.07, 6.45) is 6.91. The number of hydrogen-bond acceptors (Lipinski definition) is 3. The summed E-state index contributed by atoms with van der Waals surface area (Å²) < 4.78 is 13.6. The van der Waals surface area contributed by atoms with Crippen molar-refractivity contribution in [3.63, 3.8) is 0 Å². The molecular formula is C21H26FN3O. The fourth-order valence-electron chi connectivity index (χ4n) is 3.59. The van der Waals surface area contributed by atoms with E-state index in [0.717, 1.165) is 18.7 Å². The molecule has 26 heavy (non-hydrogen) atoms. The molecule has 3 rings (SSSR count).